The predicted molar refractivity (Wildman–Crippen MR) is 77.0 cm³/mol. The van der Waals surface area contributed by atoms with Crippen molar-refractivity contribution in [3.63, 3.8) is 0 Å². The van der Waals surface area contributed by atoms with Gasteiger partial charge < -0.3 is 5.73 Å². The lowest BCUT2D eigenvalue weighted by Crippen LogP contribution is -2.29. The van der Waals surface area contributed by atoms with E-state index < -0.39 is 0 Å². The van der Waals surface area contributed by atoms with Crippen molar-refractivity contribution < 1.29 is 0 Å². The molecule has 1 fully saturated rings. The summed E-state index contributed by atoms with van der Waals surface area (Å²) in [6.45, 7) is 0. The molecule has 0 radical (unpaired) electrons. The minimum atomic E-state index is -0.0241. The summed E-state index contributed by atoms with van der Waals surface area (Å²) in [6, 6.07) is 5.47. The molecule has 2 N–H and O–H groups in total. The van der Waals surface area contributed by atoms with Crippen molar-refractivity contribution in [1.29, 1.82) is 0 Å². The fourth-order valence-electron chi connectivity index (χ4n) is 1.68. The van der Waals surface area contributed by atoms with Gasteiger partial charge in [-0.15, -0.1) is 0 Å². The maximum atomic E-state index is 6.26. The Hall–Kier alpha value is 0.460. The molecule has 2 atom stereocenters. The lowest BCUT2D eigenvalue weighted by atomic mass is 10.1. The first kappa shape index (κ1) is 12.9. The third-order valence-corrected chi connectivity index (χ3v) is 6.02. The van der Waals surface area contributed by atoms with Gasteiger partial charge >= 0.3 is 0 Å². The van der Waals surface area contributed by atoms with Crippen LogP contribution in [0.2, 0.25) is 10.0 Å². The number of benzene rings is 1. The highest BCUT2D eigenvalue weighted by molar-refractivity contribution is 8.06. The van der Waals surface area contributed by atoms with E-state index in [9.17, 15) is 0 Å². The van der Waals surface area contributed by atoms with Gasteiger partial charge in [0.2, 0.25) is 0 Å². The molecule has 1 aromatic rings. The zero-order chi connectivity index (χ0) is 11.5. The number of nitrogens with two attached hydrogens (primary N) is 1. The molecule has 0 saturated carbocycles. The minimum absolute atomic E-state index is 0.0241. The Morgan fingerprint density at radius 2 is 2.12 bits per heavy atom. The molecule has 0 spiro atoms. The summed E-state index contributed by atoms with van der Waals surface area (Å²) >= 11 is 16.0. The zero-order valence-corrected chi connectivity index (χ0v) is 11.8. The Kier molecular flexibility index (Phi) is 4.74. The molecule has 1 saturated heterocycles. The third-order valence-electron chi connectivity index (χ3n) is 2.56. The molecule has 5 heteroatoms. The van der Waals surface area contributed by atoms with E-state index in [0.717, 1.165) is 11.3 Å². The fourth-order valence-corrected chi connectivity index (χ4v) is 4.90. The van der Waals surface area contributed by atoms with Gasteiger partial charge in [0.1, 0.15) is 0 Å². The summed E-state index contributed by atoms with van der Waals surface area (Å²) in [5, 5.41) is 1.85. The first-order chi connectivity index (χ1) is 7.68. The van der Waals surface area contributed by atoms with E-state index in [2.05, 4.69) is 0 Å². The quantitative estimate of drug-likeness (QED) is 0.897. The molecule has 1 aliphatic heterocycles. The van der Waals surface area contributed by atoms with Gasteiger partial charge in [0.05, 0.1) is 0 Å². The first-order valence-electron chi connectivity index (χ1n) is 5.08. The van der Waals surface area contributed by atoms with Crippen molar-refractivity contribution in [1.82, 2.24) is 0 Å². The highest BCUT2D eigenvalue weighted by atomic mass is 35.5. The van der Waals surface area contributed by atoms with Gasteiger partial charge in [0, 0.05) is 38.6 Å². The monoisotopic (exact) mass is 293 g/mol. The molecular formula is C11H13Cl2NS2. The maximum absolute atomic E-state index is 6.26. The summed E-state index contributed by atoms with van der Waals surface area (Å²) in [4.78, 5) is 0. The summed E-state index contributed by atoms with van der Waals surface area (Å²) in [6.07, 6.45) is 0. The summed E-state index contributed by atoms with van der Waals surface area (Å²) < 4.78 is 0. The van der Waals surface area contributed by atoms with Crippen LogP contribution in [0.3, 0.4) is 0 Å². The third kappa shape index (κ3) is 3.02. The summed E-state index contributed by atoms with van der Waals surface area (Å²) in [5.74, 6) is 3.48. The van der Waals surface area contributed by atoms with Crippen molar-refractivity contribution >= 4 is 46.7 Å². The molecule has 1 heterocycles. The van der Waals surface area contributed by atoms with Crippen molar-refractivity contribution in [2.75, 3.05) is 17.3 Å². The number of hydrogen-bond donors (Lipinski definition) is 1. The Bertz CT molecular complexity index is 367. The summed E-state index contributed by atoms with van der Waals surface area (Å²) in [5.41, 5.74) is 7.23. The number of thioether (sulfide) groups is 2. The molecule has 2 unspecified atom stereocenters. The molecule has 0 amide bonds. The smallest absolute Gasteiger partial charge is 0.0455 e. The molecule has 1 aliphatic rings. The molecule has 1 nitrogen and oxygen atoms in total. The largest absolute Gasteiger partial charge is 0.323 e. The molecule has 16 heavy (non-hydrogen) atoms. The topological polar surface area (TPSA) is 26.0 Å². The SMILES string of the molecule is NC(c1cc(Cl)ccc1Cl)C1CSCCS1. The average Bonchev–Trinajstić information content (AvgIpc) is 2.32. The van der Waals surface area contributed by atoms with E-state index in [0.29, 0.717) is 15.3 Å². The van der Waals surface area contributed by atoms with Crippen LogP contribution in [0.15, 0.2) is 18.2 Å². The summed E-state index contributed by atoms with van der Waals surface area (Å²) in [7, 11) is 0. The lowest BCUT2D eigenvalue weighted by molar-refractivity contribution is 0.720. The Morgan fingerprint density at radius 3 is 2.81 bits per heavy atom. The van der Waals surface area contributed by atoms with Gasteiger partial charge in [-0.25, -0.2) is 0 Å². The number of halogens is 2. The highest BCUT2D eigenvalue weighted by Gasteiger charge is 2.24. The van der Waals surface area contributed by atoms with Gasteiger partial charge in [0.15, 0.2) is 0 Å². The van der Waals surface area contributed by atoms with Crippen molar-refractivity contribution in [2.24, 2.45) is 5.73 Å². The maximum Gasteiger partial charge on any atom is 0.0455 e. The number of rotatable bonds is 2. The van der Waals surface area contributed by atoms with Gasteiger partial charge in [-0.3, -0.25) is 0 Å². The molecule has 0 bridgehead atoms. The second-order valence-electron chi connectivity index (χ2n) is 3.68. The standard InChI is InChI=1S/C11H13Cl2NS2/c12-7-1-2-9(13)8(5-7)11(14)10-6-15-3-4-16-10/h1-2,5,10-11H,3-4,6,14H2. The van der Waals surface area contributed by atoms with Gasteiger partial charge in [0.25, 0.3) is 0 Å². The fraction of sp³-hybridized carbons (Fsp3) is 0.455. The van der Waals surface area contributed by atoms with Crippen molar-refractivity contribution in [3.05, 3.63) is 33.8 Å². The molecule has 88 valence electrons. The van der Waals surface area contributed by atoms with E-state index in [1.54, 1.807) is 6.07 Å². The van der Waals surface area contributed by atoms with E-state index in [1.165, 1.54) is 11.5 Å². The van der Waals surface area contributed by atoms with Crippen LogP contribution in [0.4, 0.5) is 0 Å². The second-order valence-corrected chi connectivity index (χ2v) is 7.02. The average molecular weight is 294 g/mol. The van der Waals surface area contributed by atoms with E-state index in [1.807, 2.05) is 35.7 Å². The van der Waals surface area contributed by atoms with Crippen LogP contribution in [0.25, 0.3) is 0 Å². The van der Waals surface area contributed by atoms with E-state index >= 15 is 0 Å². The van der Waals surface area contributed by atoms with Crippen LogP contribution in [0.5, 0.6) is 0 Å². The van der Waals surface area contributed by atoms with Gasteiger partial charge in [-0.2, -0.15) is 23.5 Å². The molecule has 0 aromatic heterocycles. The molecule has 0 aliphatic carbocycles. The first-order valence-corrected chi connectivity index (χ1v) is 8.04. The lowest BCUT2D eigenvalue weighted by Gasteiger charge is -2.27. The normalized spacial score (nSPS) is 23.1. The highest BCUT2D eigenvalue weighted by Crippen LogP contribution is 2.35. The number of hydrogen-bond acceptors (Lipinski definition) is 3. The van der Waals surface area contributed by atoms with Crippen molar-refractivity contribution in [2.45, 2.75) is 11.3 Å². The van der Waals surface area contributed by atoms with Crippen molar-refractivity contribution in [3.8, 4) is 0 Å². The predicted octanol–water partition coefficient (Wildman–Crippen LogP) is 3.84. The molecule has 2 rings (SSSR count). The minimum Gasteiger partial charge on any atom is -0.323 e. The van der Waals surface area contributed by atoms with Crippen LogP contribution < -0.4 is 5.73 Å². The van der Waals surface area contributed by atoms with Crippen LogP contribution >= 0.6 is 46.7 Å². The second kappa shape index (κ2) is 5.87. The van der Waals surface area contributed by atoms with Gasteiger partial charge in [-0.1, -0.05) is 23.2 Å². The van der Waals surface area contributed by atoms with Crippen LogP contribution in [-0.4, -0.2) is 22.5 Å². The Labute approximate surface area is 114 Å². The zero-order valence-electron chi connectivity index (χ0n) is 8.66. The van der Waals surface area contributed by atoms with Crippen LogP contribution in [-0.2, 0) is 0 Å². The molecule has 1 aromatic carbocycles. The van der Waals surface area contributed by atoms with Gasteiger partial charge in [-0.05, 0) is 23.8 Å². The van der Waals surface area contributed by atoms with E-state index in [-0.39, 0.29) is 6.04 Å². The van der Waals surface area contributed by atoms with Crippen LogP contribution in [0, 0.1) is 0 Å². The Morgan fingerprint density at radius 1 is 1.31 bits per heavy atom. The Balaban J connectivity index is 2.18. The van der Waals surface area contributed by atoms with Crippen LogP contribution in [0.1, 0.15) is 11.6 Å². The molecular weight excluding hydrogens is 281 g/mol. The van der Waals surface area contributed by atoms with E-state index in [4.69, 9.17) is 28.9 Å².